The molecule has 1 saturated heterocycles. The number of hydrogen-bond acceptors (Lipinski definition) is 3. The molecule has 6 heteroatoms. The lowest BCUT2D eigenvalue weighted by atomic mass is 9.99. The van der Waals surface area contributed by atoms with E-state index in [0.717, 1.165) is 37.9 Å². The SMILES string of the molecule is CCCCN(CCO)C(=O)Nc1ccc(C(=O)N2CCCC(C)C2)cc1C. The second kappa shape index (κ2) is 10.3. The van der Waals surface area contributed by atoms with Gasteiger partial charge in [-0.15, -0.1) is 0 Å². The van der Waals surface area contributed by atoms with Gasteiger partial charge in [0.25, 0.3) is 5.91 Å². The van der Waals surface area contributed by atoms with E-state index < -0.39 is 0 Å². The van der Waals surface area contributed by atoms with Crippen LogP contribution in [-0.4, -0.2) is 59.6 Å². The molecule has 1 unspecified atom stereocenters. The molecule has 2 N–H and O–H groups in total. The lowest BCUT2D eigenvalue weighted by molar-refractivity contribution is 0.0683. The Kier molecular flexibility index (Phi) is 8.10. The van der Waals surface area contributed by atoms with Gasteiger partial charge in [-0.2, -0.15) is 0 Å². The fraction of sp³-hybridized carbons (Fsp3) is 0.619. The summed E-state index contributed by atoms with van der Waals surface area (Å²) in [7, 11) is 0. The molecule has 6 nitrogen and oxygen atoms in total. The molecule has 2 rings (SSSR count). The van der Waals surface area contributed by atoms with Crippen LogP contribution in [0.4, 0.5) is 10.5 Å². The Morgan fingerprint density at radius 1 is 1.33 bits per heavy atom. The number of unbranched alkanes of at least 4 members (excludes halogenated alkanes) is 1. The Bertz CT molecular complexity index is 648. The van der Waals surface area contributed by atoms with Crippen LogP contribution in [0.5, 0.6) is 0 Å². The van der Waals surface area contributed by atoms with E-state index in [1.165, 1.54) is 6.42 Å². The smallest absolute Gasteiger partial charge is 0.321 e. The zero-order valence-electron chi connectivity index (χ0n) is 16.8. The summed E-state index contributed by atoms with van der Waals surface area (Å²) in [5.41, 5.74) is 2.22. The van der Waals surface area contributed by atoms with Crippen LogP contribution >= 0.6 is 0 Å². The van der Waals surface area contributed by atoms with Crippen molar-refractivity contribution < 1.29 is 14.7 Å². The number of rotatable bonds is 7. The maximum Gasteiger partial charge on any atom is 0.321 e. The quantitative estimate of drug-likeness (QED) is 0.766. The molecule has 1 fully saturated rings. The largest absolute Gasteiger partial charge is 0.395 e. The molecule has 0 aromatic heterocycles. The molecule has 150 valence electrons. The van der Waals surface area contributed by atoms with Gasteiger partial charge in [0.2, 0.25) is 0 Å². The third-order valence-electron chi connectivity index (χ3n) is 5.10. The van der Waals surface area contributed by atoms with Crippen molar-refractivity contribution >= 4 is 17.6 Å². The average Bonchev–Trinajstić information content (AvgIpc) is 2.66. The second-order valence-electron chi connectivity index (χ2n) is 7.52. The average molecular weight is 376 g/mol. The maximum absolute atomic E-state index is 12.7. The van der Waals surface area contributed by atoms with Gasteiger partial charge in [-0.3, -0.25) is 4.79 Å². The van der Waals surface area contributed by atoms with Gasteiger partial charge in [0.15, 0.2) is 0 Å². The minimum Gasteiger partial charge on any atom is -0.395 e. The van der Waals surface area contributed by atoms with Crippen LogP contribution in [0.1, 0.15) is 55.5 Å². The molecule has 0 bridgehead atoms. The van der Waals surface area contributed by atoms with Crippen molar-refractivity contribution in [3.63, 3.8) is 0 Å². The first kappa shape index (κ1) is 21.2. The molecule has 0 aliphatic carbocycles. The number of amides is 3. The van der Waals surface area contributed by atoms with Crippen molar-refractivity contribution in [3.05, 3.63) is 29.3 Å². The highest BCUT2D eigenvalue weighted by Crippen LogP contribution is 2.21. The Morgan fingerprint density at radius 3 is 2.74 bits per heavy atom. The number of carbonyl (C=O) groups excluding carboxylic acids is 2. The summed E-state index contributed by atoms with van der Waals surface area (Å²) in [6.45, 7) is 8.64. The van der Waals surface area contributed by atoms with Gasteiger partial charge in [-0.05, 0) is 55.9 Å². The topological polar surface area (TPSA) is 72.9 Å². The molecule has 1 aliphatic rings. The third kappa shape index (κ3) is 5.96. The number of anilines is 1. The molecule has 27 heavy (non-hydrogen) atoms. The van der Waals surface area contributed by atoms with Gasteiger partial charge >= 0.3 is 6.03 Å². The van der Waals surface area contributed by atoms with Gasteiger partial charge < -0.3 is 20.2 Å². The Hall–Kier alpha value is -2.08. The van der Waals surface area contributed by atoms with Crippen LogP contribution < -0.4 is 5.32 Å². The van der Waals surface area contributed by atoms with E-state index in [4.69, 9.17) is 0 Å². The number of carbonyl (C=O) groups is 2. The molecular formula is C21H33N3O3. The first-order valence-electron chi connectivity index (χ1n) is 10.0. The summed E-state index contributed by atoms with van der Waals surface area (Å²) in [5, 5.41) is 12.1. The number of aliphatic hydroxyl groups excluding tert-OH is 1. The van der Waals surface area contributed by atoms with Crippen molar-refractivity contribution in [1.29, 1.82) is 0 Å². The van der Waals surface area contributed by atoms with Crippen LogP contribution in [-0.2, 0) is 0 Å². The molecule has 1 atom stereocenters. The Labute approximate surface area is 162 Å². The fourth-order valence-electron chi connectivity index (χ4n) is 3.47. The molecule has 1 heterocycles. The Balaban J connectivity index is 2.04. The van der Waals surface area contributed by atoms with Gasteiger partial charge in [-0.1, -0.05) is 20.3 Å². The number of nitrogens with one attached hydrogen (secondary N) is 1. The van der Waals surface area contributed by atoms with Gasteiger partial charge in [0.05, 0.1) is 6.61 Å². The normalized spacial score (nSPS) is 16.9. The number of likely N-dealkylation sites (tertiary alicyclic amines) is 1. The summed E-state index contributed by atoms with van der Waals surface area (Å²) in [6.07, 6.45) is 4.11. The number of aliphatic hydroxyl groups is 1. The summed E-state index contributed by atoms with van der Waals surface area (Å²) in [5.74, 6) is 0.607. The number of piperidine rings is 1. The molecule has 1 aromatic carbocycles. The van der Waals surface area contributed by atoms with E-state index in [2.05, 4.69) is 19.2 Å². The summed E-state index contributed by atoms with van der Waals surface area (Å²) >= 11 is 0. The zero-order valence-corrected chi connectivity index (χ0v) is 16.8. The number of hydrogen-bond donors (Lipinski definition) is 2. The van der Waals surface area contributed by atoms with Crippen molar-refractivity contribution in [3.8, 4) is 0 Å². The van der Waals surface area contributed by atoms with E-state index in [0.29, 0.717) is 30.3 Å². The van der Waals surface area contributed by atoms with Crippen molar-refractivity contribution in [2.24, 2.45) is 5.92 Å². The van der Waals surface area contributed by atoms with Crippen LogP contribution in [0.15, 0.2) is 18.2 Å². The standard InChI is InChI=1S/C21H33N3O3/c1-4-5-10-23(12-13-25)21(27)22-19-9-8-18(14-17(19)3)20(26)24-11-6-7-16(2)15-24/h8-9,14,16,25H,4-7,10-13,15H2,1-3H3,(H,22,27). The second-order valence-corrected chi connectivity index (χ2v) is 7.52. The highest BCUT2D eigenvalue weighted by Gasteiger charge is 2.22. The summed E-state index contributed by atoms with van der Waals surface area (Å²) in [6, 6.07) is 5.21. The lowest BCUT2D eigenvalue weighted by Gasteiger charge is -2.31. The predicted octanol–water partition coefficient (Wildman–Crippen LogP) is 3.49. The van der Waals surface area contributed by atoms with E-state index in [1.54, 1.807) is 17.0 Å². The molecule has 1 aromatic rings. The molecular weight excluding hydrogens is 342 g/mol. The summed E-state index contributed by atoms with van der Waals surface area (Å²) < 4.78 is 0. The maximum atomic E-state index is 12.7. The van der Waals surface area contributed by atoms with Gasteiger partial charge in [-0.25, -0.2) is 4.79 Å². The van der Waals surface area contributed by atoms with E-state index in [1.807, 2.05) is 17.9 Å². The van der Waals surface area contributed by atoms with Crippen LogP contribution in [0, 0.1) is 12.8 Å². The van der Waals surface area contributed by atoms with Crippen molar-refractivity contribution in [2.75, 3.05) is 38.1 Å². The number of aryl methyl sites for hydroxylation is 1. The monoisotopic (exact) mass is 375 g/mol. The van der Waals surface area contributed by atoms with Crippen LogP contribution in [0.3, 0.4) is 0 Å². The van der Waals surface area contributed by atoms with E-state index in [-0.39, 0.29) is 18.5 Å². The van der Waals surface area contributed by atoms with Crippen LogP contribution in [0.2, 0.25) is 0 Å². The zero-order chi connectivity index (χ0) is 19.8. The lowest BCUT2D eigenvalue weighted by Crippen LogP contribution is -2.39. The first-order chi connectivity index (χ1) is 13.0. The number of benzene rings is 1. The van der Waals surface area contributed by atoms with Gasteiger partial charge in [0, 0.05) is 37.4 Å². The molecule has 0 radical (unpaired) electrons. The number of urea groups is 1. The minimum absolute atomic E-state index is 0.0577. The van der Waals surface area contributed by atoms with Crippen LogP contribution in [0.25, 0.3) is 0 Å². The van der Waals surface area contributed by atoms with Gasteiger partial charge in [0.1, 0.15) is 0 Å². The van der Waals surface area contributed by atoms with E-state index in [9.17, 15) is 14.7 Å². The highest BCUT2D eigenvalue weighted by atomic mass is 16.3. The fourth-order valence-corrected chi connectivity index (χ4v) is 3.47. The van der Waals surface area contributed by atoms with Crippen molar-refractivity contribution in [1.82, 2.24) is 9.80 Å². The number of nitrogens with zero attached hydrogens (tertiary/aromatic N) is 2. The third-order valence-corrected chi connectivity index (χ3v) is 5.10. The predicted molar refractivity (Wildman–Crippen MR) is 108 cm³/mol. The molecule has 3 amide bonds. The highest BCUT2D eigenvalue weighted by molar-refractivity contribution is 5.96. The van der Waals surface area contributed by atoms with E-state index >= 15 is 0 Å². The minimum atomic E-state index is -0.218. The Morgan fingerprint density at radius 2 is 2.11 bits per heavy atom. The van der Waals surface area contributed by atoms with Crippen molar-refractivity contribution in [2.45, 2.75) is 46.5 Å². The molecule has 0 spiro atoms. The molecule has 0 saturated carbocycles. The first-order valence-corrected chi connectivity index (χ1v) is 10.0. The summed E-state index contributed by atoms with van der Waals surface area (Å²) in [4.78, 5) is 28.8. The molecule has 1 aliphatic heterocycles.